The fourth-order valence-electron chi connectivity index (χ4n) is 4.66. The first-order valence-corrected chi connectivity index (χ1v) is 13.7. The van der Waals surface area contributed by atoms with Crippen LogP contribution in [0.5, 0.6) is 0 Å². The van der Waals surface area contributed by atoms with Gasteiger partial charge in [0.05, 0.1) is 26.7 Å². The Balaban J connectivity index is 1.75. The van der Waals surface area contributed by atoms with E-state index in [4.69, 9.17) is 5.53 Å². The third-order valence-electron chi connectivity index (χ3n) is 6.75. The van der Waals surface area contributed by atoms with Crippen LogP contribution >= 0.6 is 0 Å². The molecule has 0 radical (unpaired) electrons. The zero-order valence-corrected chi connectivity index (χ0v) is 21.0. The zero-order chi connectivity index (χ0) is 22.4. The molecule has 1 aliphatic heterocycles. The summed E-state index contributed by atoms with van der Waals surface area (Å²) in [6, 6.07) is 0. The number of likely N-dealkylation sites (N-methyl/N-ethyl adjacent to an activating group) is 1. The number of hydrogen-bond donors (Lipinski definition) is 0. The van der Waals surface area contributed by atoms with Crippen molar-refractivity contribution in [1.29, 1.82) is 0 Å². The third-order valence-corrected chi connectivity index (χ3v) is 6.75. The molecular formula is C26H52N5+. The van der Waals surface area contributed by atoms with Crippen molar-refractivity contribution >= 4 is 5.96 Å². The predicted molar refractivity (Wildman–Crippen MR) is 135 cm³/mol. The molecule has 1 aliphatic rings. The van der Waals surface area contributed by atoms with E-state index >= 15 is 0 Å². The lowest BCUT2D eigenvalue weighted by molar-refractivity contribution is -0.487. The lowest BCUT2D eigenvalue weighted by Gasteiger charge is -2.12. The van der Waals surface area contributed by atoms with Gasteiger partial charge in [-0.1, -0.05) is 129 Å². The normalized spacial score (nSPS) is 13.8. The SMILES string of the molecule is CCCCCCCCCCCCCCCCCCCCCCN1CC[N+](C)=C1N=[N+]=[N-]. The van der Waals surface area contributed by atoms with Crippen LogP contribution in [0.2, 0.25) is 0 Å². The van der Waals surface area contributed by atoms with Crippen molar-refractivity contribution in [3.05, 3.63) is 10.4 Å². The maximum Gasteiger partial charge on any atom is 0.282 e. The first kappa shape index (κ1) is 27.8. The highest BCUT2D eigenvalue weighted by molar-refractivity contribution is 5.76. The van der Waals surface area contributed by atoms with E-state index < -0.39 is 0 Å². The Bertz CT molecular complexity index is 496. The molecule has 1 rings (SSSR count). The Hall–Kier alpha value is -1.22. The van der Waals surface area contributed by atoms with Gasteiger partial charge in [0.25, 0.3) is 5.96 Å². The van der Waals surface area contributed by atoms with E-state index in [9.17, 15) is 0 Å². The highest BCUT2D eigenvalue weighted by atomic mass is 15.4. The van der Waals surface area contributed by atoms with Crippen molar-refractivity contribution in [3.63, 3.8) is 0 Å². The summed E-state index contributed by atoms with van der Waals surface area (Å²) in [6.07, 6.45) is 28.3. The van der Waals surface area contributed by atoms with Crippen LogP contribution < -0.4 is 0 Å². The molecule has 0 aliphatic carbocycles. The number of unbranched alkanes of at least 4 members (excludes halogenated alkanes) is 19. The Kier molecular flexibility index (Phi) is 18.5. The molecule has 31 heavy (non-hydrogen) atoms. The summed E-state index contributed by atoms with van der Waals surface area (Å²) in [5, 5.41) is 3.84. The van der Waals surface area contributed by atoms with Crippen molar-refractivity contribution in [3.8, 4) is 0 Å². The van der Waals surface area contributed by atoms with Crippen molar-refractivity contribution in [2.75, 3.05) is 26.7 Å². The van der Waals surface area contributed by atoms with E-state index in [1.165, 1.54) is 128 Å². The Morgan fingerprint density at radius 2 is 1.10 bits per heavy atom. The standard InChI is InChI=1S/C26H52N5/c1-3-4-5-6-7-8-9-10-11-12-13-14-15-16-17-18-19-20-21-22-23-31-25-24-30(2)26(31)28-29-27/h3-25H2,1-2H3/q+1. The summed E-state index contributed by atoms with van der Waals surface area (Å²) in [5.74, 6) is 0.806. The van der Waals surface area contributed by atoms with E-state index in [1.807, 2.05) is 7.05 Å². The number of guanidine groups is 1. The van der Waals surface area contributed by atoms with E-state index in [2.05, 4.69) is 26.4 Å². The van der Waals surface area contributed by atoms with Gasteiger partial charge in [-0.05, 0) is 12.0 Å². The summed E-state index contributed by atoms with van der Waals surface area (Å²) in [4.78, 5) is 5.19. The molecule has 0 aromatic rings. The van der Waals surface area contributed by atoms with Crippen molar-refractivity contribution in [1.82, 2.24) is 4.90 Å². The van der Waals surface area contributed by atoms with Gasteiger partial charge in [-0.25, -0.2) is 0 Å². The molecule has 1 heterocycles. The summed E-state index contributed by atoms with van der Waals surface area (Å²) in [6.45, 7) is 5.28. The second-order valence-electron chi connectivity index (χ2n) is 9.62. The molecule has 0 N–H and O–H groups in total. The monoisotopic (exact) mass is 434 g/mol. The average molecular weight is 435 g/mol. The van der Waals surface area contributed by atoms with Gasteiger partial charge in [-0.2, -0.15) is 0 Å². The second kappa shape index (κ2) is 20.7. The number of rotatable bonds is 21. The minimum atomic E-state index is 0.806. The quantitative estimate of drug-likeness (QED) is 0.0587. The number of azide groups is 1. The first-order valence-electron chi connectivity index (χ1n) is 13.7. The van der Waals surface area contributed by atoms with Gasteiger partial charge >= 0.3 is 0 Å². The second-order valence-corrected chi connectivity index (χ2v) is 9.62. The van der Waals surface area contributed by atoms with Crippen LogP contribution in [-0.4, -0.2) is 42.1 Å². The molecule has 0 spiro atoms. The lowest BCUT2D eigenvalue weighted by atomic mass is 10.0. The van der Waals surface area contributed by atoms with Crippen LogP contribution in [-0.2, 0) is 0 Å². The minimum absolute atomic E-state index is 0.806. The van der Waals surface area contributed by atoms with Crippen LogP contribution in [0.25, 0.3) is 10.4 Å². The molecular weight excluding hydrogens is 382 g/mol. The van der Waals surface area contributed by atoms with Crippen LogP contribution in [0, 0.1) is 0 Å². The van der Waals surface area contributed by atoms with Crippen molar-refractivity contribution < 1.29 is 4.58 Å². The van der Waals surface area contributed by atoms with E-state index in [-0.39, 0.29) is 0 Å². The summed E-state index contributed by atoms with van der Waals surface area (Å²) < 4.78 is 2.05. The van der Waals surface area contributed by atoms with E-state index in [1.54, 1.807) is 0 Å². The molecule has 0 aromatic carbocycles. The molecule has 180 valence electrons. The average Bonchev–Trinajstić information content (AvgIpc) is 3.12. The first-order chi connectivity index (χ1) is 15.3. The molecule has 0 bridgehead atoms. The highest BCUT2D eigenvalue weighted by Gasteiger charge is 2.23. The van der Waals surface area contributed by atoms with E-state index in [0.717, 1.165) is 25.6 Å². The molecule has 0 unspecified atom stereocenters. The van der Waals surface area contributed by atoms with Gasteiger partial charge in [-0.3, -0.25) is 9.48 Å². The third kappa shape index (κ3) is 15.3. The van der Waals surface area contributed by atoms with Gasteiger partial charge in [0.1, 0.15) is 0 Å². The van der Waals surface area contributed by atoms with Crippen molar-refractivity contribution in [2.24, 2.45) is 5.11 Å². The minimum Gasteiger partial charge on any atom is -0.290 e. The molecule has 0 aromatic heterocycles. The zero-order valence-electron chi connectivity index (χ0n) is 21.0. The van der Waals surface area contributed by atoms with Crippen LogP contribution in [0.3, 0.4) is 0 Å². The molecule has 0 atom stereocenters. The lowest BCUT2D eigenvalue weighted by Crippen LogP contribution is -2.28. The van der Waals surface area contributed by atoms with Gasteiger partial charge in [0.2, 0.25) is 0 Å². The largest absolute Gasteiger partial charge is 0.290 e. The maximum absolute atomic E-state index is 8.69. The fourth-order valence-corrected chi connectivity index (χ4v) is 4.66. The summed E-state index contributed by atoms with van der Waals surface area (Å²) in [7, 11) is 2.00. The molecule has 0 fully saturated rings. The van der Waals surface area contributed by atoms with Gasteiger partial charge in [0.15, 0.2) is 0 Å². The summed E-state index contributed by atoms with van der Waals surface area (Å²) in [5.41, 5.74) is 8.69. The molecule has 5 heteroatoms. The van der Waals surface area contributed by atoms with Crippen LogP contribution in [0.15, 0.2) is 5.11 Å². The van der Waals surface area contributed by atoms with Crippen molar-refractivity contribution in [2.45, 2.75) is 135 Å². The highest BCUT2D eigenvalue weighted by Crippen LogP contribution is 2.15. The number of hydrogen-bond acceptors (Lipinski definition) is 2. The Morgan fingerprint density at radius 1 is 0.710 bits per heavy atom. The van der Waals surface area contributed by atoms with Gasteiger partial charge in [-0.15, -0.1) is 0 Å². The van der Waals surface area contributed by atoms with Crippen LogP contribution in [0.4, 0.5) is 0 Å². The fraction of sp³-hybridized carbons (Fsp3) is 0.962. The van der Waals surface area contributed by atoms with E-state index in [0.29, 0.717) is 0 Å². The Labute approximate surface area is 193 Å². The van der Waals surface area contributed by atoms with Crippen LogP contribution in [0.1, 0.15) is 135 Å². The van der Waals surface area contributed by atoms with Gasteiger partial charge in [0, 0.05) is 10.0 Å². The molecule has 0 amide bonds. The maximum atomic E-state index is 8.69. The number of nitrogens with zero attached hydrogens (tertiary/aromatic N) is 5. The molecule has 5 nitrogen and oxygen atoms in total. The molecule has 0 saturated carbocycles. The summed E-state index contributed by atoms with van der Waals surface area (Å²) >= 11 is 0. The predicted octanol–water partition coefficient (Wildman–Crippen LogP) is 8.43. The van der Waals surface area contributed by atoms with Gasteiger partial charge < -0.3 is 0 Å². The Morgan fingerprint density at radius 3 is 1.48 bits per heavy atom. The topological polar surface area (TPSA) is 55.0 Å². The smallest absolute Gasteiger partial charge is 0.282 e. The molecule has 0 saturated heterocycles.